The van der Waals surface area contributed by atoms with Gasteiger partial charge in [0.1, 0.15) is 5.69 Å². The summed E-state index contributed by atoms with van der Waals surface area (Å²) in [6, 6.07) is 0.547. The van der Waals surface area contributed by atoms with Gasteiger partial charge in [0.15, 0.2) is 0 Å². The van der Waals surface area contributed by atoms with Gasteiger partial charge in [-0.05, 0) is 76.4 Å². The molecule has 1 N–H and O–H groups in total. The molecule has 4 rings (SSSR count). The Hall–Kier alpha value is -1.71. The van der Waals surface area contributed by atoms with Gasteiger partial charge in [-0.1, -0.05) is 32.6 Å². The zero-order valence-corrected chi connectivity index (χ0v) is 24.9. The molecule has 1 aliphatic carbocycles. The maximum atomic E-state index is 13.6. The number of anilines is 1. The minimum absolute atomic E-state index is 0.0506. The number of nitrogens with zero attached hydrogens (tertiary/aromatic N) is 4. The highest BCUT2D eigenvalue weighted by Gasteiger charge is 2.33. The van der Waals surface area contributed by atoms with Crippen molar-refractivity contribution in [1.82, 2.24) is 19.1 Å². The Kier molecular flexibility index (Phi) is 10.1. The predicted molar refractivity (Wildman–Crippen MR) is 154 cm³/mol. The van der Waals surface area contributed by atoms with Gasteiger partial charge in [0.25, 0.3) is 5.91 Å². The van der Waals surface area contributed by atoms with Crippen LogP contribution in [0.5, 0.6) is 0 Å². The van der Waals surface area contributed by atoms with Gasteiger partial charge in [-0.3, -0.25) is 9.78 Å². The molecule has 0 radical (unpaired) electrons. The number of piperidine rings is 2. The van der Waals surface area contributed by atoms with Crippen LogP contribution in [0.15, 0.2) is 6.20 Å². The van der Waals surface area contributed by atoms with Crippen molar-refractivity contribution in [2.75, 3.05) is 51.3 Å². The number of carbonyl (C=O) groups is 1. The molecule has 2 aliphatic heterocycles. The quantitative estimate of drug-likeness (QED) is 0.489. The first-order chi connectivity index (χ1) is 18.2. The van der Waals surface area contributed by atoms with Gasteiger partial charge in [0, 0.05) is 56.2 Å². The van der Waals surface area contributed by atoms with Crippen LogP contribution in [-0.4, -0.2) is 91.5 Å². The lowest BCUT2D eigenvalue weighted by Gasteiger charge is -2.43. The summed E-state index contributed by atoms with van der Waals surface area (Å²) < 4.78 is 25.3. The number of hydrogen-bond donors (Lipinski definition) is 1. The molecule has 1 aromatic heterocycles. The number of nitrogens with one attached hydrogen (secondary N) is 1. The van der Waals surface area contributed by atoms with Crippen LogP contribution in [-0.2, 0) is 16.4 Å². The summed E-state index contributed by atoms with van der Waals surface area (Å²) in [6.07, 6.45) is 15.7. The number of sulfonamides is 1. The average Bonchev–Trinajstić information content (AvgIpc) is 3.20. The van der Waals surface area contributed by atoms with Gasteiger partial charge < -0.3 is 15.1 Å². The molecule has 0 aromatic carbocycles. The zero-order chi connectivity index (χ0) is 27.3. The second-order valence-electron chi connectivity index (χ2n) is 11.8. The Morgan fingerprint density at radius 3 is 2.24 bits per heavy atom. The normalized spacial score (nSPS) is 21.6. The van der Waals surface area contributed by atoms with Gasteiger partial charge in [-0.15, -0.1) is 0 Å². The molecule has 1 amide bonds. The SMILES string of the molecule is CCc1cnc(C(=O)N2CCC(N3CCC(N(C)S(C)(=O)=O)CC3)CC2)c(C)c1NCC1CCCCCC1. The van der Waals surface area contributed by atoms with E-state index in [0.717, 1.165) is 76.1 Å². The molecule has 8 nitrogen and oxygen atoms in total. The maximum absolute atomic E-state index is 13.6. The molecule has 214 valence electrons. The van der Waals surface area contributed by atoms with E-state index in [2.05, 4.69) is 29.0 Å². The first-order valence-corrected chi connectivity index (χ1v) is 16.7. The molecule has 3 aliphatic rings. The smallest absolute Gasteiger partial charge is 0.272 e. The molecule has 1 saturated carbocycles. The number of aryl methyl sites for hydroxylation is 1. The molecule has 38 heavy (non-hydrogen) atoms. The van der Waals surface area contributed by atoms with Crippen LogP contribution in [0.25, 0.3) is 0 Å². The van der Waals surface area contributed by atoms with Gasteiger partial charge in [0.2, 0.25) is 10.0 Å². The van der Waals surface area contributed by atoms with Crippen molar-refractivity contribution in [2.24, 2.45) is 5.92 Å². The van der Waals surface area contributed by atoms with Crippen LogP contribution in [0.2, 0.25) is 0 Å². The maximum Gasteiger partial charge on any atom is 0.272 e. The van der Waals surface area contributed by atoms with E-state index in [1.54, 1.807) is 7.05 Å². The third kappa shape index (κ3) is 7.07. The van der Waals surface area contributed by atoms with Crippen LogP contribution >= 0.6 is 0 Å². The number of aromatic nitrogens is 1. The fraction of sp³-hybridized carbons (Fsp3) is 0.793. The van der Waals surface area contributed by atoms with E-state index in [4.69, 9.17) is 0 Å². The number of hydrogen-bond acceptors (Lipinski definition) is 6. The van der Waals surface area contributed by atoms with E-state index in [1.807, 2.05) is 11.1 Å². The van der Waals surface area contributed by atoms with E-state index in [9.17, 15) is 13.2 Å². The molecule has 0 spiro atoms. The Bertz CT molecular complexity index is 1040. The topological polar surface area (TPSA) is 85.9 Å². The van der Waals surface area contributed by atoms with Crippen molar-refractivity contribution in [3.63, 3.8) is 0 Å². The summed E-state index contributed by atoms with van der Waals surface area (Å²) in [5, 5.41) is 3.74. The largest absolute Gasteiger partial charge is 0.384 e. The summed E-state index contributed by atoms with van der Waals surface area (Å²) in [7, 11) is -1.45. The minimum Gasteiger partial charge on any atom is -0.384 e. The summed E-state index contributed by atoms with van der Waals surface area (Å²) >= 11 is 0. The fourth-order valence-electron chi connectivity index (χ4n) is 6.68. The molecule has 2 saturated heterocycles. The molecule has 3 heterocycles. The first kappa shape index (κ1) is 29.3. The monoisotopic (exact) mass is 547 g/mol. The van der Waals surface area contributed by atoms with E-state index < -0.39 is 10.0 Å². The second kappa shape index (κ2) is 13.1. The van der Waals surface area contributed by atoms with Crippen LogP contribution in [0, 0.1) is 12.8 Å². The van der Waals surface area contributed by atoms with Crippen LogP contribution in [0.1, 0.15) is 92.7 Å². The van der Waals surface area contributed by atoms with Gasteiger partial charge in [-0.2, -0.15) is 0 Å². The van der Waals surface area contributed by atoms with Crippen molar-refractivity contribution in [3.8, 4) is 0 Å². The summed E-state index contributed by atoms with van der Waals surface area (Å²) in [6.45, 7) is 8.51. The Balaban J connectivity index is 1.33. The van der Waals surface area contributed by atoms with Crippen molar-refractivity contribution >= 4 is 21.6 Å². The second-order valence-corrected chi connectivity index (χ2v) is 13.8. The molecule has 0 unspecified atom stereocenters. The average molecular weight is 548 g/mol. The third-order valence-electron chi connectivity index (χ3n) is 9.33. The predicted octanol–water partition coefficient (Wildman–Crippen LogP) is 4.30. The summed E-state index contributed by atoms with van der Waals surface area (Å²) in [5.41, 5.74) is 3.89. The lowest BCUT2D eigenvalue weighted by atomic mass is 9.97. The molecule has 3 fully saturated rings. The van der Waals surface area contributed by atoms with Gasteiger partial charge in [-0.25, -0.2) is 12.7 Å². The molecular weight excluding hydrogens is 498 g/mol. The number of carbonyl (C=O) groups excluding carboxylic acids is 1. The highest BCUT2D eigenvalue weighted by Crippen LogP contribution is 2.29. The molecule has 1 aromatic rings. The molecular formula is C29H49N5O3S. The van der Waals surface area contributed by atoms with E-state index in [0.29, 0.717) is 17.7 Å². The molecule has 0 bridgehead atoms. The lowest BCUT2D eigenvalue weighted by Crippen LogP contribution is -2.52. The van der Waals surface area contributed by atoms with E-state index in [-0.39, 0.29) is 11.9 Å². The van der Waals surface area contributed by atoms with Gasteiger partial charge >= 0.3 is 0 Å². The first-order valence-electron chi connectivity index (χ1n) is 14.9. The van der Waals surface area contributed by atoms with Gasteiger partial charge in [0.05, 0.1) is 6.26 Å². The summed E-state index contributed by atoms with van der Waals surface area (Å²) in [4.78, 5) is 22.7. The van der Waals surface area contributed by atoms with Crippen LogP contribution in [0.3, 0.4) is 0 Å². The van der Waals surface area contributed by atoms with E-state index in [1.165, 1.54) is 54.6 Å². The van der Waals surface area contributed by atoms with Crippen molar-refractivity contribution < 1.29 is 13.2 Å². The highest BCUT2D eigenvalue weighted by molar-refractivity contribution is 7.88. The number of rotatable bonds is 8. The highest BCUT2D eigenvalue weighted by atomic mass is 32.2. The number of pyridine rings is 1. The van der Waals surface area contributed by atoms with Crippen molar-refractivity contribution in [2.45, 2.75) is 96.6 Å². The number of amides is 1. The van der Waals surface area contributed by atoms with Crippen molar-refractivity contribution in [3.05, 3.63) is 23.0 Å². The van der Waals surface area contributed by atoms with Crippen LogP contribution in [0.4, 0.5) is 5.69 Å². The summed E-state index contributed by atoms with van der Waals surface area (Å²) in [5.74, 6) is 0.763. The lowest BCUT2D eigenvalue weighted by molar-refractivity contribution is 0.0542. The standard InChI is InChI=1S/C29H49N5O3S/c1-5-24-21-31-28(22(2)27(24)30-20-23-10-8-6-7-9-11-23)29(35)34-18-14-26(15-19-34)33-16-12-25(13-17-33)32(3)38(4,36)37/h21,23,25-26H,5-20H2,1-4H3,(H,30,31). The van der Waals surface area contributed by atoms with E-state index >= 15 is 0 Å². The Labute approximate surface area is 230 Å². The van der Waals surface area contributed by atoms with Crippen molar-refractivity contribution in [1.29, 1.82) is 0 Å². The zero-order valence-electron chi connectivity index (χ0n) is 24.0. The number of likely N-dealkylation sites (tertiary alicyclic amines) is 2. The fourth-order valence-corrected chi connectivity index (χ4v) is 7.43. The third-order valence-corrected chi connectivity index (χ3v) is 10.7. The van der Waals surface area contributed by atoms with Crippen LogP contribution < -0.4 is 5.32 Å². The minimum atomic E-state index is -3.15. The Morgan fingerprint density at radius 2 is 1.66 bits per heavy atom. The molecule has 9 heteroatoms. The molecule has 0 atom stereocenters. The Morgan fingerprint density at radius 1 is 1.03 bits per heavy atom.